The minimum Gasteiger partial charge on any atom is -0.316 e. The van der Waals surface area contributed by atoms with Crippen molar-refractivity contribution in [1.82, 2.24) is 10.3 Å². The second-order valence-electron chi connectivity index (χ2n) is 4.82. The zero-order chi connectivity index (χ0) is 13.7. The molecule has 19 heavy (non-hydrogen) atoms. The summed E-state index contributed by atoms with van der Waals surface area (Å²) in [6.45, 7) is 5.28. The topological polar surface area (TPSA) is 24.9 Å². The molecule has 1 aromatic heterocycles. The first-order chi connectivity index (χ1) is 9.20. The first-order valence-electron chi connectivity index (χ1n) is 6.57. The predicted octanol–water partition coefficient (Wildman–Crippen LogP) is 4.08. The number of rotatable bonds is 5. The van der Waals surface area contributed by atoms with E-state index in [0.717, 1.165) is 11.6 Å². The maximum Gasteiger partial charge on any atom is 0.105 e. The second-order valence-corrected chi connectivity index (χ2v) is 5.89. The fourth-order valence-corrected chi connectivity index (χ4v) is 2.75. The second kappa shape index (κ2) is 6.73. The molecule has 0 atom stereocenters. The van der Waals surface area contributed by atoms with Crippen LogP contribution in [-0.2, 0) is 6.54 Å². The highest BCUT2D eigenvalue weighted by molar-refractivity contribution is 7.99. The van der Waals surface area contributed by atoms with Crippen LogP contribution in [0.3, 0.4) is 0 Å². The fourth-order valence-electron chi connectivity index (χ4n) is 1.87. The summed E-state index contributed by atoms with van der Waals surface area (Å²) in [5, 5.41) is 4.26. The Morgan fingerprint density at radius 2 is 1.89 bits per heavy atom. The van der Waals surface area contributed by atoms with Crippen molar-refractivity contribution >= 4 is 11.8 Å². The predicted molar refractivity (Wildman–Crippen MR) is 81.7 cm³/mol. The van der Waals surface area contributed by atoms with Crippen molar-refractivity contribution < 1.29 is 0 Å². The Kier molecular flexibility index (Phi) is 5.00. The average molecular weight is 272 g/mol. The molecule has 0 fully saturated rings. The number of benzene rings is 1. The molecule has 100 valence electrons. The van der Waals surface area contributed by atoms with Gasteiger partial charge in [-0.3, -0.25) is 0 Å². The first-order valence-corrected chi connectivity index (χ1v) is 7.38. The summed E-state index contributed by atoms with van der Waals surface area (Å²) in [7, 11) is 1.96. The van der Waals surface area contributed by atoms with E-state index in [1.165, 1.54) is 16.0 Å². The minimum atomic E-state index is 0.578. The molecule has 0 bridgehead atoms. The van der Waals surface area contributed by atoms with Gasteiger partial charge in [-0.05, 0) is 42.3 Å². The van der Waals surface area contributed by atoms with Gasteiger partial charge in [0.05, 0.1) is 0 Å². The smallest absolute Gasteiger partial charge is 0.105 e. The van der Waals surface area contributed by atoms with E-state index in [0.29, 0.717) is 5.92 Å². The molecule has 1 heterocycles. The normalized spacial score (nSPS) is 10.9. The summed E-state index contributed by atoms with van der Waals surface area (Å²) in [5.41, 5.74) is 2.61. The van der Waals surface area contributed by atoms with Crippen molar-refractivity contribution in [2.75, 3.05) is 7.05 Å². The molecule has 0 amide bonds. The van der Waals surface area contributed by atoms with E-state index in [1.54, 1.807) is 11.8 Å². The van der Waals surface area contributed by atoms with E-state index >= 15 is 0 Å². The summed E-state index contributed by atoms with van der Waals surface area (Å²) in [6.07, 6.45) is 1.85. The molecule has 0 saturated heterocycles. The quantitative estimate of drug-likeness (QED) is 0.888. The molecular formula is C16H20N2S. The van der Waals surface area contributed by atoms with E-state index in [1.807, 2.05) is 19.3 Å². The summed E-state index contributed by atoms with van der Waals surface area (Å²) >= 11 is 1.72. The van der Waals surface area contributed by atoms with Gasteiger partial charge in [0.15, 0.2) is 0 Å². The van der Waals surface area contributed by atoms with Crippen molar-refractivity contribution in [2.45, 2.75) is 36.2 Å². The highest BCUT2D eigenvalue weighted by Gasteiger charge is 2.05. The molecular weight excluding hydrogens is 252 g/mol. The Balaban J connectivity index is 2.16. The summed E-state index contributed by atoms with van der Waals surface area (Å²) < 4.78 is 0. The molecule has 2 aromatic rings. The van der Waals surface area contributed by atoms with E-state index in [-0.39, 0.29) is 0 Å². The molecule has 0 spiro atoms. The molecule has 0 saturated carbocycles. The van der Waals surface area contributed by atoms with E-state index in [4.69, 9.17) is 0 Å². The minimum absolute atomic E-state index is 0.578. The van der Waals surface area contributed by atoms with Crippen molar-refractivity contribution in [3.63, 3.8) is 0 Å². The number of hydrogen-bond donors (Lipinski definition) is 1. The van der Waals surface area contributed by atoms with Crippen LogP contribution < -0.4 is 5.32 Å². The Labute approximate surface area is 119 Å². The molecule has 0 unspecified atom stereocenters. The lowest BCUT2D eigenvalue weighted by atomic mass is 10.0. The molecule has 0 aliphatic heterocycles. The molecule has 2 nitrogen and oxygen atoms in total. The van der Waals surface area contributed by atoms with Crippen LogP contribution >= 0.6 is 11.8 Å². The van der Waals surface area contributed by atoms with Gasteiger partial charge in [-0.2, -0.15) is 0 Å². The standard InChI is InChI=1S/C16H20N2S/c1-12(2)13-6-8-15(9-7-13)19-16-14(11-17-3)5-4-10-18-16/h4-10,12,17H,11H2,1-3H3. The Morgan fingerprint density at radius 1 is 1.16 bits per heavy atom. The number of pyridine rings is 1. The zero-order valence-electron chi connectivity index (χ0n) is 11.7. The van der Waals surface area contributed by atoms with Gasteiger partial charge in [0.1, 0.15) is 5.03 Å². The average Bonchev–Trinajstić information content (AvgIpc) is 2.42. The van der Waals surface area contributed by atoms with Crippen LogP contribution in [0.5, 0.6) is 0 Å². The number of aromatic nitrogens is 1. The molecule has 0 aliphatic rings. The van der Waals surface area contributed by atoms with Crippen molar-refractivity contribution in [3.05, 3.63) is 53.7 Å². The van der Waals surface area contributed by atoms with Crippen LogP contribution in [0.15, 0.2) is 52.5 Å². The van der Waals surface area contributed by atoms with Gasteiger partial charge in [0, 0.05) is 17.6 Å². The van der Waals surface area contributed by atoms with Crippen molar-refractivity contribution in [3.8, 4) is 0 Å². The van der Waals surface area contributed by atoms with Crippen LogP contribution in [0.4, 0.5) is 0 Å². The van der Waals surface area contributed by atoms with Crippen LogP contribution in [0.25, 0.3) is 0 Å². The van der Waals surface area contributed by atoms with Crippen LogP contribution in [-0.4, -0.2) is 12.0 Å². The number of hydrogen-bond acceptors (Lipinski definition) is 3. The highest BCUT2D eigenvalue weighted by atomic mass is 32.2. The Bertz CT molecular complexity index is 521. The molecule has 1 aromatic carbocycles. The maximum absolute atomic E-state index is 4.47. The first kappa shape index (κ1) is 14.1. The van der Waals surface area contributed by atoms with Crippen LogP contribution in [0.1, 0.15) is 30.9 Å². The third-order valence-electron chi connectivity index (χ3n) is 2.98. The van der Waals surface area contributed by atoms with Gasteiger partial charge in [-0.25, -0.2) is 4.98 Å². The van der Waals surface area contributed by atoms with Gasteiger partial charge in [-0.1, -0.05) is 43.8 Å². The lowest BCUT2D eigenvalue weighted by molar-refractivity contribution is 0.789. The van der Waals surface area contributed by atoms with Crippen LogP contribution in [0.2, 0.25) is 0 Å². The molecule has 0 radical (unpaired) electrons. The molecule has 2 rings (SSSR count). The summed E-state index contributed by atoms with van der Waals surface area (Å²) in [5.74, 6) is 0.578. The molecule has 0 aliphatic carbocycles. The Hall–Kier alpha value is -1.32. The van der Waals surface area contributed by atoms with E-state index in [2.05, 4.69) is 54.5 Å². The fraction of sp³-hybridized carbons (Fsp3) is 0.312. The highest BCUT2D eigenvalue weighted by Crippen LogP contribution is 2.29. The van der Waals surface area contributed by atoms with Gasteiger partial charge in [0.2, 0.25) is 0 Å². The summed E-state index contributed by atoms with van der Waals surface area (Å²) in [6, 6.07) is 12.9. The lowest BCUT2D eigenvalue weighted by Gasteiger charge is -2.09. The number of nitrogens with zero attached hydrogens (tertiary/aromatic N) is 1. The van der Waals surface area contributed by atoms with E-state index in [9.17, 15) is 0 Å². The maximum atomic E-state index is 4.47. The Morgan fingerprint density at radius 3 is 2.53 bits per heavy atom. The molecule has 3 heteroatoms. The third kappa shape index (κ3) is 3.82. The molecule has 1 N–H and O–H groups in total. The van der Waals surface area contributed by atoms with Crippen molar-refractivity contribution in [2.24, 2.45) is 0 Å². The lowest BCUT2D eigenvalue weighted by Crippen LogP contribution is -2.06. The van der Waals surface area contributed by atoms with Crippen molar-refractivity contribution in [1.29, 1.82) is 0 Å². The van der Waals surface area contributed by atoms with Gasteiger partial charge in [0.25, 0.3) is 0 Å². The summed E-state index contributed by atoms with van der Waals surface area (Å²) in [4.78, 5) is 5.71. The largest absolute Gasteiger partial charge is 0.316 e. The van der Waals surface area contributed by atoms with Gasteiger partial charge < -0.3 is 5.32 Å². The van der Waals surface area contributed by atoms with Gasteiger partial charge in [-0.15, -0.1) is 0 Å². The SMILES string of the molecule is CNCc1cccnc1Sc1ccc(C(C)C)cc1. The third-order valence-corrected chi connectivity index (χ3v) is 4.05. The number of nitrogens with one attached hydrogen (secondary N) is 1. The zero-order valence-corrected chi connectivity index (χ0v) is 12.5. The van der Waals surface area contributed by atoms with Crippen LogP contribution in [0, 0.1) is 0 Å². The van der Waals surface area contributed by atoms with E-state index < -0.39 is 0 Å². The monoisotopic (exact) mass is 272 g/mol. The van der Waals surface area contributed by atoms with Gasteiger partial charge >= 0.3 is 0 Å².